The van der Waals surface area contributed by atoms with E-state index in [1.165, 1.54) is 22.0 Å². The van der Waals surface area contributed by atoms with Gasteiger partial charge in [-0.25, -0.2) is 10.4 Å². The molecule has 0 bridgehead atoms. The van der Waals surface area contributed by atoms with Gasteiger partial charge in [-0.3, -0.25) is 14.2 Å². The van der Waals surface area contributed by atoms with Crippen molar-refractivity contribution in [2.45, 2.75) is 38.6 Å². The number of hydrogen-bond acceptors (Lipinski definition) is 5. The van der Waals surface area contributed by atoms with Crippen LogP contribution in [0.15, 0.2) is 52.6 Å². The number of nitrogens with zero attached hydrogens (tertiary/aromatic N) is 3. The Balaban J connectivity index is 1.48. The molecule has 0 saturated carbocycles. The monoisotopic (exact) mass is 406 g/mol. The molecule has 148 valence electrons. The van der Waals surface area contributed by atoms with Crippen LogP contribution in [0.1, 0.15) is 41.8 Å². The molecule has 0 unspecified atom stereocenters. The molecule has 3 aromatic rings. The highest BCUT2D eigenvalue weighted by atomic mass is 32.1. The number of amides is 1. The van der Waals surface area contributed by atoms with Gasteiger partial charge in [0.05, 0.1) is 11.7 Å². The minimum absolute atomic E-state index is 0.148. The van der Waals surface area contributed by atoms with Crippen LogP contribution in [-0.2, 0) is 17.6 Å². The van der Waals surface area contributed by atoms with Gasteiger partial charge >= 0.3 is 0 Å². The van der Waals surface area contributed by atoms with Crippen molar-refractivity contribution in [3.05, 3.63) is 69.1 Å². The maximum absolute atomic E-state index is 13.0. The van der Waals surface area contributed by atoms with Crippen LogP contribution in [0.3, 0.4) is 0 Å². The molecule has 0 saturated heterocycles. The first-order valence-corrected chi connectivity index (χ1v) is 10.5. The number of carbonyl (C=O) groups is 1. The van der Waals surface area contributed by atoms with E-state index < -0.39 is 6.04 Å². The molecular formula is C22H22N4O2S. The second-order valence-electron chi connectivity index (χ2n) is 7.05. The Morgan fingerprint density at radius 1 is 1.28 bits per heavy atom. The maximum atomic E-state index is 13.0. The van der Waals surface area contributed by atoms with Crippen LogP contribution in [0.25, 0.3) is 16.3 Å². The van der Waals surface area contributed by atoms with Crippen molar-refractivity contribution in [3.63, 3.8) is 0 Å². The Kier molecular flexibility index (Phi) is 5.67. The minimum Gasteiger partial charge on any atom is -0.286 e. The number of carbonyl (C=O) groups excluding carboxylic acids is 1. The zero-order chi connectivity index (χ0) is 20.2. The molecule has 0 fully saturated rings. The lowest BCUT2D eigenvalue weighted by atomic mass is 9.97. The molecule has 4 rings (SSSR count). The van der Waals surface area contributed by atoms with Gasteiger partial charge in [-0.1, -0.05) is 36.4 Å². The smallest absolute Gasteiger partial charge is 0.263 e. The van der Waals surface area contributed by atoms with Gasteiger partial charge in [0.25, 0.3) is 11.5 Å². The topological polar surface area (TPSA) is 76.3 Å². The molecular weight excluding hydrogens is 384 g/mol. The van der Waals surface area contributed by atoms with Gasteiger partial charge in [0.2, 0.25) is 0 Å². The highest BCUT2D eigenvalue weighted by Gasteiger charge is 2.23. The van der Waals surface area contributed by atoms with E-state index in [1.54, 1.807) is 24.3 Å². The minimum atomic E-state index is -0.700. The third kappa shape index (κ3) is 4.05. The Labute approximate surface area is 172 Å². The fourth-order valence-electron chi connectivity index (χ4n) is 3.52. The fourth-order valence-corrected chi connectivity index (χ4v) is 4.74. The van der Waals surface area contributed by atoms with E-state index in [9.17, 15) is 9.59 Å². The Morgan fingerprint density at radius 3 is 2.90 bits per heavy atom. The molecule has 29 heavy (non-hydrogen) atoms. The van der Waals surface area contributed by atoms with E-state index in [-0.39, 0.29) is 11.5 Å². The summed E-state index contributed by atoms with van der Waals surface area (Å²) >= 11 is 1.60. The number of benzene rings is 1. The van der Waals surface area contributed by atoms with Gasteiger partial charge < -0.3 is 0 Å². The quantitative estimate of drug-likeness (QED) is 0.518. The van der Waals surface area contributed by atoms with Crippen LogP contribution in [0.4, 0.5) is 0 Å². The Morgan fingerprint density at radius 2 is 2.07 bits per heavy atom. The largest absolute Gasteiger partial charge is 0.286 e. The molecule has 6 nitrogen and oxygen atoms in total. The van der Waals surface area contributed by atoms with Crippen molar-refractivity contribution in [2.24, 2.45) is 5.10 Å². The lowest BCUT2D eigenvalue weighted by molar-refractivity contribution is -0.123. The predicted molar refractivity (Wildman–Crippen MR) is 117 cm³/mol. The number of allylic oxidation sites excluding steroid dienone is 1. The van der Waals surface area contributed by atoms with Gasteiger partial charge in [0.15, 0.2) is 0 Å². The van der Waals surface area contributed by atoms with E-state index in [1.807, 2.05) is 36.4 Å². The highest BCUT2D eigenvalue weighted by molar-refractivity contribution is 7.18. The van der Waals surface area contributed by atoms with Gasteiger partial charge in [-0.05, 0) is 49.8 Å². The molecule has 0 radical (unpaired) electrons. The number of thiophene rings is 1. The fraction of sp³-hybridized carbons (Fsp3) is 0.273. The molecule has 0 spiro atoms. The summed E-state index contributed by atoms with van der Waals surface area (Å²) < 4.78 is 1.40. The van der Waals surface area contributed by atoms with Crippen molar-refractivity contribution < 1.29 is 4.79 Å². The number of aromatic nitrogens is 2. The van der Waals surface area contributed by atoms with Crippen LogP contribution in [0.2, 0.25) is 0 Å². The van der Waals surface area contributed by atoms with Gasteiger partial charge in [-0.2, -0.15) is 5.10 Å². The Bertz CT molecular complexity index is 1140. The number of aryl methyl sites for hydroxylation is 2. The van der Waals surface area contributed by atoms with Crippen molar-refractivity contribution >= 4 is 39.8 Å². The van der Waals surface area contributed by atoms with Crippen LogP contribution in [0, 0.1) is 0 Å². The van der Waals surface area contributed by atoms with E-state index in [0.29, 0.717) is 5.39 Å². The highest BCUT2D eigenvalue weighted by Crippen LogP contribution is 2.33. The molecule has 1 aliphatic carbocycles. The van der Waals surface area contributed by atoms with Gasteiger partial charge in [-0.15, -0.1) is 11.3 Å². The number of nitrogens with one attached hydrogen (secondary N) is 1. The molecule has 2 aromatic heterocycles. The van der Waals surface area contributed by atoms with Gasteiger partial charge in [0.1, 0.15) is 10.9 Å². The number of hydrogen-bond donors (Lipinski definition) is 1. The average Bonchev–Trinajstić information content (AvgIpc) is 3.13. The summed E-state index contributed by atoms with van der Waals surface area (Å²) in [6.45, 7) is 1.68. The SMILES string of the molecule is C[C@H](C(=O)NN=CC=Cc1ccccc1)n1cnc2sc3c(c2c1=O)CCCC3. The van der Waals surface area contributed by atoms with Crippen molar-refractivity contribution in [1.82, 2.24) is 15.0 Å². The lowest BCUT2D eigenvalue weighted by Gasteiger charge is -2.14. The first kappa shape index (κ1) is 19.3. The zero-order valence-corrected chi connectivity index (χ0v) is 17.0. The molecule has 2 heterocycles. The Hall–Kier alpha value is -3.06. The van der Waals surface area contributed by atoms with Crippen molar-refractivity contribution in [2.75, 3.05) is 0 Å². The summed E-state index contributed by atoms with van der Waals surface area (Å²) in [6.07, 6.45) is 10.8. The summed E-state index contributed by atoms with van der Waals surface area (Å²) in [4.78, 5) is 32.0. The summed E-state index contributed by atoms with van der Waals surface area (Å²) in [5, 5.41) is 4.62. The molecule has 0 aliphatic heterocycles. The zero-order valence-electron chi connectivity index (χ0n) is 16.2. The second kappa shape index (κ2) is 8.53. The molecule has 1 amide bonds. The number of hydrazone groups is 1. The predicted octanol–water partition coefficient (Wildman–Crippen LogP) is 3.71. The third-order valence-electron chi connectivity index (χ3n) is 5.12. The average molecular weight is 407 g/mol. The summed E-state index contributed by atoms with van der Waals surface area (Å²) in [7, 11) is 0. The maximum Gasteiger partial charge on any atom is 0.263 e. The molecule has 1 aromatic carbocycles. The standard InChI is InChI=1S/C22H22N4O2S/c1-15(20(27)25-24-13-7-10-16-8-3-2-4-9-16)26-14-23-21-19(22(26)28)17-11-5-6-12-18(17)29-21/h2-4,7-10,13-15H,5-6,11-12H2,1H3,(H,25,27)/t15-/m1/s1. The normalized spacial score (nSPS) is 15.1. The van der Waals surface area contributed by atoms with E-state index >= 15 is 0 Å². The van der Waals surface area contributed by atoms with E-state index in [2.05, 4.69) is 15.5 Å². The third-order valence-corrected chi connectivity index (χ3v) is 6.32. The van der Waals surface area contributed by atoms with E-state index in [4.69, 9.17) is 0 Å². The first-order valence-electron chi connectivity index (χ1n) is 9.71. The first-order chi connectivity index (χ1) is 14.1. The lowest BCUT2D eigenvalue weighted by Crippen LogP contribution is -2.34. The van der Waals surface area contributed by atoms with Gasteiger partial charge in [0, 0.05) is 11.1 Å². The van der Waals surface area contributed by atoms with Crippen molar-refractivity contribution in [1.29, 1.82) is 0 Å². The summed E-state index contributed by atoms with van der Waals surface area (Å²) in [5.41, 5.74) is 4.51. The van der Waals surface area contributed by atoms with Crippen molar-refractivity contribution in [3.8, 4) is 0 Å². The van der Waals surface area contributed by atoms with Crippen LogP contribution in [-0.4, -0.2) is 21.7 Å². The molecule has 7 heteroatoms. The molecule has 1 N–H and O–H groups in total. The summed E-state index contributed by atoms with van der Waals surface area (Å²) in [5.74, 6) is -0.360. The van der Waals surface area contributed by atoms with Crippen LogP contribution < -0.4 is 11.0 Å². The van der Waals surface area contributed by atoms with Crippen LogP contribution >= 0.6 is 11.3 Å². The van der Waals surface area contributed by atoms with Crippen LogP contribution in [0.5, 0.6) is 0 Å². The molecule has 1 aliphatic rings. The second-order valence-corrected chi connectivity index (χ2v) is 8.13. The van der Waals surface area contributed by atoms with E-state index in [0.717, 1.165) is 41.6 Å². The summed E-state index contributed by atoms with van der Waals surface area (Å²) in [6, 6.07) is 9.11. The number of rotatable bonds is 5. The number of fused-ring (bicyclic) bond motifs is 3. The molecule has 1 atom stereocenters.